The van der Waals surface area contributed by atoms with Gasteiger partial charge in [-0.15, -0.1) is 11.8 Å². The summed E-state index contributed by atoms with van der Waals surface area (Å²) in [6, 6.07) is 7.18. The molecule has 0 aliphatic carbocycles. The van der Waals surface area contributed by atoms with Gasteiger partial charge >= 0.3 is 30.0 Å². The van der Waals surface area contributed by atoms with E-state index < -0.39 is 76.5 Å². The third-order valence-corrected chi connectivity index (χ3v) is 7.71. The molecule has 0 spiro atoms. The highest BCUT2D eigenvalue weighted by Crippen LogP contribution is 2.45. The highest BCUT2D eigenvalue weighted by molar-refractivity contribution is 8.00. The number of benzene rings is 2. The van der Waals surface area contributed by atoms with Crippen molar-refractivity contribution in [2.24, 2.45) is 0 Å². The second kappa shape index (κ2) is 12.7. The molecule has 1 N–H and O–H groups in total. The minimum atomic E-state index is -4.68. The average molecular weight is 648 g/mol. The smallest absolute Gasteiger partial charge is 0.416 e. The van der Waals surface area contributed by atoms with Gasteiger partial charge in [-0.1, -0.05) is 0 Å². The Morgan fingerprint density at radius 2 is 1.41 bits per heavy atom. The van der Waals surface area contributed by atoms with Crippen LogP contribution >= 0.6 is 11.8 Å². The van der Waals surface area contributed by atoms with Crippen molar-refractivity contribution >= 4 is 35.4 Å². The minimum Gasteiger partial charge on any atom is -0.461 e. The first kappa shape index (κ1) is 32.5. The molecule has 44 heavy (non-hydrogen) atoms. The van der Waals surface area contributed by atoms with Crippen molar-refractivity contribution in [2.45, 2.75) is 42.2 Å². The number of thioether (sulfide) groups is 1. The van der Waals surface area contributed by atoms with Crippen molar-refractivity contribution in [3.63, 3.8) is 0 Å². The molecule has 4 atom stereocenters. The lowest BCUT2D eigenvalue weighted by molar-refractivity contribution is -0.138. The van der Waals surface area contributed by atoms with E-state index in [1.54, 1.807) is 0 Å². The molecule has 234 valence electrons. The van der Waals surface area contributed by atoms with E-state index in [1.807, 2.05) is 0 Å². The Morgan fingerprint density at radius 3 is 1.89 bits per heavy atom. The van der Waals surface area contributed by atoms with Crippen LogP contribution in [-0.2, 0) is 26.6 Å². The van der Waals surface area contributed by atoms with E-state index in [-0.39, 0.29) is 16.9 Å². The second-order valence-electron chi connectivity index (χ2n) is 9.31. The fourth-order valence-electron chi connectivity index (χ4n) is 4.07. The van der Waals surface area contributed by atoms with E-state index in [1.165, 1.54) is 13.0 Å². The number of carbonyl (C=O) groups excluding carboxylic acids is 3. The van der Waals surface area contributed by atoms with E-state index in [4.69, 9.17) is 9.47 Å². The highest BCUT2D eigenvalue weighted by Gasteiger charge is 2.49. The lowest BCUT2D eigenvalue weighted by Gasteiger charge is -2.21. The average Bonchev–Trinajstić information content (AvgIpc) is 3.25. The van der Waals surface area contributed by atoms with Gasteiger partial charge in [-0.3, -0.25) is 9.36 Å². The zero-order valence-corrected chi connectivity index (χ0v) is 23.0. The molecule has 0 unspecified atom stereocenters. The summed E-state index contributed by atoms with van der Waals surface area (Å²) in [5, 5.41) is -0.302. The van der Waals surface area contributed by atoms with Crippen LogP contribution in [0.15, 0.2) is 65.6 Å². The first-order chi connectivity index (χ1) is 20.5. The maximum Gasteiger partial charge on any atom is 0.416 e. The molecule has 3 aromatic rings. The third-order valence-electron chi connectivity index (χ3n) is 6.19. The van der Waals surface area contributed by atoms with Crippen molar-refractivity contribution < 1.29 is 54.6 Å². The summed E-state index contributed by atoms with van der Waals surface area (Å²) in [6.45, 7) is 0.530. The number of halogens is 7. The van der Waals surface area contributed by atoms with E-state index >= 15 is 4.39 Å². The summed E-state index contributed by atoms with van der Waals surface area (Å²) >= 11 is 0.709. The molecule has 1 aliphatic heterocycles. The SMILES string of the molecule is CC(=O)Nc1ccn([C@@H]2S[C@H](COC(=O)c3ccc(C(F)(F)F)cc3)[C@@H](OC(=O)c3ccc(C(F)(F)F)cc3)[C@@H]2F)c(=O)n1. The molecule has 2 heterocycles. The molecule has 1 saturated heterocycles. The summed E-state index contributed by atoms with van der Waals surface area (Å²) in [6.07, 6.45) is -12.1. The number of amides is 1. The molecule has 2 aromatic carbocycles. The number of anilines is 1. The number of hydrogen-bond acceptors (Lipinski definition) is 8. The quantitative estimate of drug-likeness (QED) is 0.272. The molecular formula is C27H20F7N3O6S. The number of nitrogens with one attached hydrogen (secondary N) is 1. The minimum absolute atomic E-state index is 0.121. The van der Waals surface area contributed by atoms with Crippen LogP contribution in [0.2, 0.25) is 0 Å². The number of carbonyl (C=O) groups is 3. The topological polar surface area (TPSA) is 117 Å². The zero-order valence-electron chi connectivity index (χ0n) is 22.2. The molecule has 1 aliphatic rings. The summed E-state index contributed by atoms with van der Waals surface area (Å²) in [7, 11) is 0. The normalized spacial score (nSPS) is 20.2. The monoisotopic (exact) mass is 647 g/mol. The van der Waals surface area contributed by atoms with Crippen LogP contribution in [0.1, 0.15) is 44.1 Å². The number of hydrogen-bond donors (Lipinski definition) is 1. The van der Waals surface area contributed by atoms with Crippen LogP contribution in [0, 0.1) is 0 Å². The fourth-order valence-corrected chi connectivity index (χ4v) is 5.53. The van der Waals surface area contributed by atoms with Crippen molar-refractivity contribution in [3.05, 3.63) is 93.5 Å². The molecule has 0 radical (unpaired) electrons. The molecule has 4 rings (SSSR count). The zero-order chi connectivity index (χ0) is 32.4. The van der Waals surface area contributed by atoms with Gasteiger partial charge in [0.25, 0.3) is 0 Å². The standard InChI is InChI=1S/C27H20F7N3O6S/c1-13(38)35-19-10-11-37(25(41)36-19)22-20(28)21(43-24(40)15-4-8-17(9-5-15)27(32,33)34)18(44-22)12-42-23(39)14-2-6-16(7-3-14)26(29,30)31/h2-11,18,20-22H,12H2,1H3,(H,35,36,38,41)/t18-,20+,21-,22-/m1/s1. The number of nitrogens with zero attached hydrogens (tertiary/aromatic N) is 2. The maximum absolute atomic E-state index is 15.8. The van der Waals surface area contributed by atoms with Gasteiger partial charge < -0.3 is 14.8 Å². The maximum atomic E-state index is 15.8. The van der Waals surface area contributed by atoms with Crippen molar-refractivity contribution in [1.82, 2.24) is 9.55 Å². The Kier molecular flexibility index (Phi) is 9.36. The Morgan fingerprint density at radius 1 is 0.886 bits per heavy atom. The van der Waals surface area contributed by atoms with Crippen molar-refractivity contribution in [2.75, 3.05) is 11.9 Å². The van der Waals surface area contributed by atoms with Gasteiger partial charge in [0, 0.05) is 13.1 Å². The van der Waals surface area contributed by atoms with Crippen molar-refractivity contribution in [1.29, 1.82) is 0 Å². The summed E-state index contributed by atoms with van der Waals surface area (Å²) in [5.41, 5.74) is -3.66. The van der Waals surface area contributed by atoms with Gasteiger partial charge in [0.15, 0.2) is 12.3 Å². The molecule has 0 bridgehead atoms. The van der Waals surface area contributed by atoms with Crippen LogP contribution in [-0.4, -0.2) is 51.5 Å². The molecular weight excluding hydrogens is 627 g/mol. The number of alkyl halides is 7. The molecule has 1 amide bonds. The largest absolute Gasteiger partial charge is 0.461 e. The fraction of sp³-hybridized carbons (Fsp3) is 0.296. The molecule has 17 heteroatoms. The van der Waals surface area contributed by atoms with E-state index in [0.29, 0.717) is 36.0 Å². The van der Waals surface area contributed by atoms with Crippen LogP contribution in [0.4, 0.5) is 36.6 Å². The highest BCUT2D eigenvalue weighted by atomic mass is 32.2. The predicted octanol–water partition coefficient (Wildman–Crippen LogP) is 5.27. The molecule has 9 nitrogen and oxygen atoms in total. The van der Waals surface area contributed by atoms with Gasteiger partial charge in [-0.05, 0) is 54.6 Å². The van der Waals surface area contributed by atoms with Gasteiger partial charge in [0.2, 0.25) is 5.91 Å². The lowest BCUT2D eigenvalue weighted by Crippen LogP contribution is -2.37. The lowest BCUT2D eigenvalue weighted by atomic mass is 10.1. The molecule has 1 aromatic heterocycles. The predicted molar refractivity (Wildman–Crippen MR) is 140 cm³/mol. The van der Waals surface area contributed by atoms with E-state index in [9.17, 15) is 45.5 Å². The molecule has 0 saturated carbocycles. The van der Waals surface area contributed by atoms with Crippen LogP contribution < -0.4 is 11.0 Å². The van der Waals surface area contributed by atoms with Crippen LogP contribution in [0.5, 0.6) is 0 Å². The summed E-state index contributed by atoms with van der Waals surface area (Å²) < 4.78 is 104. The number of aromatic nitrogens is 2. The van der Waals surface area contributed by atoms with Gasteiger partial charge in [-0.25, -0.2) is 18.8 Å². The Bertz CT molecular complexity index is 1590. The number of esters is 2. The van der Waals surface area contributed by atoms with Gasteiger partial charge in [-0.2, -0.15) is 31.3 Å². The van der Waals surface area contributed by atoms with Crippen LogP contribution in [0.25, 0.3) is 0 Å². The summed E-state index contributed by atoms with van der Waals surface area (Å²) in [5.74, 6) is -2.94. The van der Waals surface area contributed by atoms with E-state index in [2.05, 4.69) is 10.3 Å². The molecule has 1 fully saturated rings. The van der Waals surface area contributed by atoms with Crippen molar-refractivity contribution in [3.8, 4) is 0 Å². The Labute approximate surface area is 247 Å². The Balaban J connectivity index is 1.56. The third kappa shape index (κ3) is 7.56. The summed E-state index contributed by atoms with van der Waals surface area (Å²) in [4.78, 5) is 52.9. The first-order valence-corrected chi connectivity index (χ1v) is 13.4. The van der Waals surface area contributed by atoms with Gasteiger partial charge in [0.1, 0.15) is 17.8 Å². The number of ether oxygens (including phenoxy) is 2. The van der Waals surface area contributed by atoms with Crippen LogP contribution in [0.3, 0.4) is 0 Å². The first-order valence-electron chi connectivity index (χ1n) is 12.4. The Hall–Kier alpha value is -4.41. The second-order valence-corrected chi connectivity index (χ2v) is 10.7. The van der Waals surface area contributed by atoms with Gasteiger partial charge in [0.05, 0.1) is 27.5 Å². The number of rotatable bonds is 7. The van der Waals surface area contributed by atoms with E-state index in [0.717, 1.165) is 35.0 Å².